The summed E-state index contributed by atoms with van der Waals surface area (Å²) in [5.41, 5.74) is 3.36. The molecule has 0 saturated heterocycles. The second-order valence-corrected chi connectivity index (χ2v) is 5.52. The third-order valence-electron chi connectivity index (χ3n) is 3.69. The van der Waals surface area contributed by atoms with Gasteiger partial charge in [0.2, 0.25) is 0 Å². The Kier molecular flexibility index (Phi) is 3.68. The van der Waals surface area contributed by atoms with Crippen LogP contribution in [0.4, 0.5) is 0 Å². The number of aryl methyl sites for hydroxylation is 2. The molecule has 0 atom stereocenters. The molecule has 3 rings (SSSR count). The molecule has 112 valence electrons. The molecule has 0 aromatic carbocycles. The molecule has 22 heavy (non-hydrogen) atoms. The van der Waals surface area contributed by atoms with Gasteiger partial charge in [-0.25, -0.2) is 4.98 Å². The van der Waals surface area contributed by atoms with Crippen LogP contribution in [-0.2, 0) is 13.7 Å². The Bertz CT molecular complexity index is 935. The number of rotatable bonds is 2. The lowest BCUT2D eigenvalue weighted by Crippen LogP contribution is -2.19. The quantitative estimate of drug-likeness (QED) is 0.738. The van der Waals surface area contributed by atoms with Gasteiger partial charge in [-0.15, -0.1) is 0 Å². The minimum Gasteiger partial charge on any atom is -0.390 e. The minimum absolute atomic E-state index is 0.126. The molecule has 0 aliphatic carbocycles. The van der Waals surface area contributed by atoms with Crippen LogP contribution in [0.3, 0.4) is 0 Å². The standard InChI is InChI=1S/C16H14ClN3O2/c1-9-3-11(8-21)18-7-13(9)12-4-10-6-19-15(17)5-14(10)20(2)16(12)22/h3-7,21H,8H2,1-2H3. The summed E-state index contributed by atoms with van der Waals surface area (Å²) in [5, 5.41) is 10.3. The molecule has 3 aromatic heterocycles. The topological polar surface area (TPSA) is 68.0 Å². The molecule has 0 fully saturated rings. The molecule has 5 nitrogen and oxygen atoms in total. The van der Waals surface area contributed by atoms with Gasteiger partial charge in [0.25, 0.3) is 5.56 Å². The molecule has 3 aromatic rings. The van der Waals surface area contributed by atoms with Crippen LogP contribution >= 0.6 is 11.6 Å². The number of aromatic nitrogens is 3. The Labute approximate surface area is 131 Å². The van der Waals surface area contributed by atoms with E-state index in [4.69, 9.17) is 16.7 Å². The fraction of sp³-hybridized carbons (Fsp3) is 0.188. The van der Waals surface area contributed by atoms with Gasteiger partial charge in [-0.1, -0.05) is 11.6 Å². The van der Waals surface area contributed by atoms with Crippen LogP contribution in [-0.4, -0.2) is 19.6 Å². The molecule has 6 heteroatoms. The van der Waals surface area contributed by atoms with Gasteiger partial charge in [-0.05, 0) is 30.7 Å². The van der Waals surface area contributed by atoms with Crippen molar-refractivity contribution >= 4 is 22.5 Å². The van der Waals surface area contributed by atoms with E-state index < -0.39 is 0 Å². The predicted octanol–water partition coefficient (Wildman–Crippen LogP) is 2.45. The lowest BCUT2D eigenvalue weighted by Gasteiger charge is -2.11. The SMILES string of the molecule is Cc1cc(CO)ncc1-c1cc2cnc(Cl)cc2n(C)c1=O. The molecule has 0 bridgehead atoms. The van der Waals surface area contributed by atoms with E-state index in [2.05, 4.69) is 9.97 Å². The number of fused-ring (bicyclic) bond motifs is 1. The van der Waals surface area contributed by atoms with Gasteiger partial charge < -0.3 is 9.67 Å². The summed E-state index contributed by atoms with van der Waals surface area (Å²) in [6.07, 6.45) is 3.26. The summed E-state index contributed by atoms with van der Waals surface area (Å²) in [7, 11) is 1.70. The monoisotopic (exact) mass is 315 g/mol. The molecule has 0 saturated carbocycles. The van der Waals surface area contributed by atoms with Crippen LogP contribution in [0.5, 0.6) is 0 Å². The van der Waals surface area contributed by atoms with Crippen LogP contribution in [0.25, 0.3) is 22.0 Å². The van der Waals surface area contributed by atoms with E-state index >= 15 is 0 Å². The summed E-state index contributed by atoms with van der Waals surface area (Å²) >= 11 is 5.90. The van der Waals surface area contributed by atoms with Gasteiger partial charge in [0.1, 0.15) is 5.15 Å². The van der Waals surface area contributed by atoms with Crippen LogP contribution in [0.15, 0.2) is 35.4 Å². The van der Waals surface area contributed by atoms with Gasteiger partial charge in [0, 0.05) is 36.0 Å². The van der Waals surface area contributed by atoms with Crippen molar-refractivity contribution in [3.63, 3.8) is 0 Å². The molecule has 0 aliphatic heterocycles. The zero-order valence-corrected chi connectivity index (χ0v) is 12.9. The largest absolute Gasteiger partial charge is 0.390 e. The molecule has 0 aliphatic rings. The maximum Gasteiger partial charge on any atom is 0.258 e. The number of hydrogen-bond donors (Lipinski definition) is 1. The highest BCUT2D eigenvalue weighted by molar-refractivity contribution is 6.30. The fourth-order valence-corrected chi connectivity index (χ4v) is 2.67. The van der Waals surface area contributed by atoms with Gasteiger partial charge in [-0.2, -0.15) is 0 Å². The number of aliphatic hydroxyl groups is 1. The van der Waals surface area contributed by atoms with Crippen LogP contribution in [0, 0.1) is 6.92 Å². The van der Waals surface area contributed by atoms with Crippen molar-refractivity contribution in [3.05, 3.63) is 57.4 Å². The lowest BCUT2D eigenvalue weighted by molar-refractivity contribution is 0.277. The molecule has 3 heterocycles. The molecular formula is C16H14ClN3O2. The van der Waals surface area contributed by atoms with E-state index in [1.807, 2.05) is 6.92 Å². The van der Waals surface area contributed by atoms with Crippen LogP contribution in [0.1, 0.15) is 11.3 Å². The first kappa shape index (κ1) is 14.7. The van der Waals surface area contributed by atoms with Crippen molar-refractivity contribution in [1.29, 1.82) is 0 Å². The van der Waals surface area contributed by atoms with E-state index in [-0.39, 0.29) is 12.2 Å². The van der Waals surface area contributed by atoms with Gasteiger partial charge in [0.15, 0.2) is 0 Å². The van der Waals surface area contributed by atoms with E-state index in [0.29, 0.717) is 16.4 Å². The summed E-state index contributed by atoms with van der Waals surface area (Å²) in [4.78, 5) is 20.9. The maximum atomic E-state index is 12.6. The van der Waals surface area contributed by atoms with Crippen LogP contribution in [0.2, 0.25) is 5.15 Å². The normalized spacial score (nSPS) is 11.1. The maximum absolute atomic E-state index is 12.6. The molecule has 0 unspecified atom stereocenters. The van der Waals surface area contributed by atoms with Crippen molar-refractivity contribution in [1.82, 2.24) is 14.5 Å². The first-order valence-corrected chi connectivity index (χ1v) is 7.11. The first-order chi connectivity index (χ1) is 10.5. The number of nitrogens with zero attached hydrogens (tertiary/aromatic N) is 3. The van der Waals surface area contributed by atoms with E-state index in [1.54, 1.807) is 42.2 Å². The zero-order valence-electron chi connectivity index (χ0n) is 12.2. The number of pyridine rings is 3. The minimum atomic E-state index is -0.128. The zero-order chi connectivity index (χ0) is 15.9. The lowest BCUT2D eigenvalue weighted by atomic mass is 10.0. The Morgan fingerprint density at radius 1 is 1.18 bits per heavy atom. The third-order valence-corrected chi connectivity index (χ3v) is 3.90. The highest BCUT2D eigenvalue weighted by Crippen LogP contribution is 2.24. The van der Waals surface area contributed by atoms with E-state index in [9.17, 15) is 4.79 Å². The Morgan fingerprint density at radius 2 is 1.95 bits per heavy atom. The molecule has 0 amide bonds. The summed E-state index contributed by atoms with van der Waals surface area (Å²) in [6, 6.07) is 5.24. The number of aliphatic hydroxyl groups excluding tert-OH is 1. The van der Waals surface area contributed by atoms with Crippen molar-refractivity contribution in [2.45, 2.75) is 13.5 Å². The van der Waals surface area contributed by atoms with Crippen molar-refractivity contribution in [2.24, 2.45) is 7.05 Å². The number of halogens is 1. The average Bonchev–Trinajstić information content (AvgIpc) is 2.51. The third kappa shape index (κ3) is 2.38. The Hall–Kier alpha value is -2.24. The smallest absolute Gasteiger partial charge is 0.258 e. The average molecular weight is 316 g/mol. The Balaban J connectivity index is 2.30. The summed E-state index contributed by atoms with van der Waals surface area (Å²) in [5.74, 6) is 0. The van der Waals surface area contributed by atoms with E-state index in [0.717, 1.165) is 22.0 Å². The van der Waals surface area contributed by atoms with E-state index in [1.165, 1.54) is 0 Å². The predicted molar refractivity (Wildman–Crippen MR) is 85.9 cm³/mol. The Morgan fingerprint density at radius 3 is 2.64 bits per heavy atom. The highest BCUT2D eigenvalue weighted by Gasteiger charge is 2.12. The second-order valence-electron chi connectivity index (χ2n) is 5.14. The summed E-state index contributed by atoms with van der Waals surface area (Å²) < 4.78 is 1.55. The van der Waals surface area contributed by atoms with Crippen molar-refractivity contribution in [2.75, 3.05) is 0 Å². The molecule has 1 N–H and O–H groups in total. The molecular weight excluding hydrogens is 302 g/mol. The van der Waals surface area contributed by atoms with Gasteiger partial charge in [0.05, 0.1) is 17.8 Å². The second kappa shape index (κ2) is 5.51. The van der Waals surface area contributed by atoms with Gasteiger partial charge >= 0.3 is 0 Å². The van der Waals surface area contributed by atoms with Crippen molar-refractivity contribution < 1.29 is 5.11 Å². The summed E-state index contributed by atoms with van der Waals surface area (Å²) in [6.45, 7) is 1.76. The van der Waals surface area contributed by atoms with Crippen molar-refractivity contribution in [3.8, 4) is 11.1 Å². The molecule has 0 spiro atoms. The fourth-order valence-electron chi connectivity index (χ4n) is 2.52. The number of hydrogen-bond acceptors (Lipinski definition) is 4. The van der Waals surface area contributed by atoms with Gasteiger partial charge in [-0.3, -0.25) is 9.78 Å². The highest BCUT2D eigenvalue weighted by atomic mass is 35.5. The molecule has 0 radical (unpaired) electrons. The van der Waals surface area contributed by atoms with Crippen LogP contribution < -0.4 is 5.56 Å². The first-order valence-electron chi connectivity index (χ1n) is 6.73.